The zero-order valence-corrected chi connectivity index (χ0v) is 20.7. The molecule has 1 unspecified atom stereocenters. The fourth-order valence-electron chi connectivity index (χ4n) is 5.16. The SMILES string of the molecule is CN1CC(c2ccc(-c3cnc(N)c(C(=O)Cc4cnccc4N4CCOCC4)n3)cc2)[C@H](C(=O)O)C1. The Kier molecular flexibility index (Phi) is 7.11. The van der Waals surface area contributed by atoms with Crippen molar-refractivity contribution in [2.24, 2.45) is 5.92 Å². The number of aromatic nitrogens is 3. The zero-order valence-electron chi connectivity index (χ0n) is 20.7. The average Bonchev–Trinajstić information content (AvgIpc) is 3.32. The van der Waals surface area contributed by atoms with Crippen LogP contribution in [0.15, 0.2) is 48.9 Å². The number of Topliss-reactive ketones (excluding diaryl/α,β-unsaturated/α-hetero) is 1. The topological polar surface area (TPSA) is 135 Å². The summed E-state index contributed by atoms with van der Waals surface area (Å²) in [6, 6.07) is 9.55. The second kappa shape index (κ2) is 10.6. The fourth-order valence-corrected chi connectivity index (χ4v) is 5.16. The van der Waals surface area contributed by atoms with Crippen LogP contribution in [0.4, 0.5) is 11.5 Å². The van der Waals surface area contributed by atoms with Crippen molar-refractivity contribution in [2.75, 3.05) is 57.1 Å². The van der Waals surface area contributed by atoms with Gasteiger partial charge in [-0.15, -0.1) is 0 Å². The molecule has 0 saturated carbocycles. The molecule has 0 aliphatic carbocycles. The monoisotopic (exact) mass is 502 g/mol. The van der Waals surface area contributed by atoms with Crippen molar-refractivity contribution in [3.63, 3.8) is 0 Å². The van der Waals surface area contributed by atoms with Gasteiger partial charge in [-0.2, -0.15) is 0 Å². The summed E-state index contributed by atoms with van der Waals surface area (Å²) in [6.07, 6.45) is 5.08. The summed E-state index contributed by atoms with van der Waals surface area (Å²) in [4.78, 5) is 42.3. The highest BCUT2D eigenvalue weighted by molar-refractivity contribution is 6.00. The number of pyridine rings is 1. The van der Waals surface area contributed by atoms with Crippen molar-refractivity contribution in [1.29, 1.82) is 0 Å². The minimum Gasteiger partial charge on any atom is -0.481 e. The lowest BCUT2D eigenvalue weighted by molar-refractivity contribution is -0.141. The van der Waals surface area contributed by atoms with Gasteiger partial charge in [-0.25, -0.2) is 9.97 Å². The number of ether oxygens (including phenoxy) is 1. The van der Waals surface area contributed by atoms with Crippen LogP contribution in [-0.2, 0) is 16.0 Å². The number of benzene rings is 1. The van der Waals surface area contributed by atoms with E-state index in [4.69, 9.17) is 10.5 Å². The number of nitrogens with zero attached hydrogens (tertiary/aromatic N) is 5. The van der Waals surface area contributed by atoms with Crippen LogP contribution >= 0.6 is 0 Å². The molecule has 192 valence electrons. The smallest absolute Gasteiger partial charge is 0.308 e. The van der Waals surface area contributed by atoms with E-state index in [1.54, 1.807) is 18.6 Å². The van der Waals surface area contributed by atoms with Crippen LogP contribution < -0.4 is 10.6 Å². The molecular formula is C27H30N6O4. The second-order valence-corrected chi connectivity index (χ2v) is 9.59. The van der Waals surface area contributed by atoms with Crippen molar-refractivity contribution in [3.8, 4) is 11.3 Å². The Bertz CT molecular complexity index is 1290. The Morgan fingerprint density at radius 1 is 1.11 bits per heavy atom. The number of carboxylic acid groups (broad SMARTS) is 1. The Labute approximate surface area is 215 Å². The summed E-state index contributed by atoms with van der Waals surface area (Å²) < 4.78 is 5.45. The first-order valence-electron chi connectivity index (χ1n) is 12.3. The molecule has 0 spiro atoms. The number of ketones is 1. The molecule has 10 heteroatoms. The third-order valence-electron chi connectivity index (χ3n) is 7.10. The molecule has 37 heavy (non-hydrogen) atoms. The van der Waals surface area contributed by atoms with Gasteiger partial charge in [0.05, 0.1) is 31.0 Å². The van der Waals surface area contributed by atoms with E-state index in [-0.39, 0.29) is 29.6 Å². The highest BCUT2D eigenvalue weighted by Gasteiger charge is 2.36. The van der Waals surface area contributed by atoms with Gasteiger partial charge in [0.15, 0.2) is 11.6 Å². The molecule has 2 saturated heterocycles. The molecular weight excluding hydrogens is 472 g/mol. The lowest BCUT2D eigenvalue weighted by Gasteiger charge is -2.30. The van der Waals surface area contributed by atoms with Gasteiger partial charge < -0.3 is 25.4 Å². The number of carbonyl (C=O) groups excluding carboxylic acids is 1. The summed E-state index contributed by atoms with van der Waals surface area (Å²) in [5, 5.41) is 9.60. The Morgan fingerprint density at radius 2 is 1.86 bits per heavy atom. The number of aliphatic carboxylic acids is 1. The first-order chi connectivity index (χ1) is 17.9. The molecule has 3 aromatic rings. The number of carboxylic acids is 1. The van der Waals surface area contributed by atoms with Crippen molar-refractivity contribution >= 4 is 23.3 Å². The maximum atomic E-state index is 13.3. The van der Waals surface area contributed by atoms with Gasteiger partial charge in [0.25, 0.3) is 0 Å². The van der Waals surface area contributed by atoms with Crippen molar-refractivity contribution in [2.45, 2.75) is 12.3 Å². The summed E-state index contributed by atoms with van der Waals surface area (Å²) in [5.74, 6) is -1.45. The lowest BCUT2D eigenvalue weighted by atomic mass is 9.88. The number of hydrogen-bond donors (Lipinski definition) is 2. The normalized spacial score (nSPS) is 20.2. The molecule has 2 atom stereocenters. The molecule has 1 aromatic carbocycles. The van der Waals surface area contributed by atoms with Crippen molar-refractivity contribution in [1.82, 2.24) is 19.9 Å². The highest BCUT2D eigenvalue weighted by Crippen LogP contribution is 2.33. The van der Waals surface area contributed by atoms with E-state index in [0.29, 0.717) is 32.0 Å². The van der Waals surface area contributed by atoms with Gasteiger partial charge in [-0.3, -0.25) is 14.6 Å². The first-order valence-corrected chi connectivity index (χ1v) is 12.3. The predicted octanol–water partition coefficient (Wildman–Crippen LogP) is 2.11. The van der Waals surface area contributed by atoms with Crippen LogP contribution in [0, 0.1) is 5.92 Å². The molecule has 4 heterocycles. The molecule has 5 rings (SSSR count). The number of nitrogen functional groups attached to an aromatic ring is 1. The van der Waals surface area contributed by atoms with Crippen LogP contribution in [0.2, 0.25) is 0 Å². The highest BCUT2D eigenvalue weighted by atomic mass is 16.5. The van der Waals surface area contributed by atoms with E-state index in [1.807, 2.05) is 42.3 Å². The number of likely N-dealkylation sites (tertiary alicyclic amines) is 1. The first kappa shape index (κ1) is 24.8. The summed E-state index contributed by atoms with van der Waals surface area (Å²) in [6.45, 7) is 4.01. The van der Waals surface area contributed by atoms with Crippen molar-refractivity contribution < 1.29 is 19.4 Å². The van der Waals surface area contributed by atoms with E-state index in [0.717, 1.165) is 35.5 Å². The fraction of sp³-hybridized carbons (Fsp3) is 0.370. The minimum absolute atomic E-state index is 0.0775. The number of likely N-dealkylation sites (N-methyl/N-ethyl adjacent to an activating group) is 1. The zero-order chi connectivity index (χ0) is 25.9. The Hall–Kier alpha value is -3.89. The van der Waals surface area contributed by atoms with Crippen LogP contribution in [0.1, 0.15) is 27.5 Å². The lowest BCUT2D eigenvalue weighted by Crippen LogP contribution is -2.37. The van der Waals surface area contributed by atoms with E-state index in [9.17, 15) is 14.7 Å². The minimum atomic E-state index is -0.781. The molecule has 2 aliphatic heterocycles. The standard InChI is InChI=1S/C27H30N6O4/c1-32-15-20(21(16-32)27(35)36)17-2-4-18(5-3-17)22-14-30-26(28)25(31-22)24(34)12-19-13-29-7-6-23(19)33-8-10-37-11-9-33/h2-7,13-14,20-21H,8-12,15-16H2,1H3,(H2,28,30)(H,35,36)/t20?,21-/m1/s1. The van der Waals surface area contributed by atoms with Gasteiger partial charge >= 0.3 is 5.97 Å². The van der Waals surface area contributed by atoms with E-state index in [1.165, 1.54) is 0 Å². The molecule has 2 aliphatic rings. The Morgan fingerprint density at radius 3 is 2.59 bits per heavy atom. The third-order valence-corrected chi connectivity index (χ3v) is 7.10. The maximum Gasteiger partial charge on any atom is 0.308 e. The van der Waals surface area contributed by atoms with Crippen LogP contribution in [0.3, 0.4) is 0 Å². The number of rotatable bonds is 7. The van der Waals surface area contributed by atoms with Crippen LogP contribution in [0.25, 0.3) is 11.3 Å². The molecule has 2 aromatic heterocycles. The number of anilines is 2. The maximum absolute atomic E-state index is 13.3. The third kappa shape index (κ3) is 5.30. The summed E-state index contributed by atoms with van der Waals surface area (Å²) >= 11 is 0. The number of nitrogens with two attached hydrogens (primary N) is 1. The van der Waals surface area contributed by atoms with Gasteiger partial charge in [0.2, 0.25) is 0 Å². The van der Waals surface area contributed by atoms with Crippen LogP contribution in [-0.4, -0.2) is 83.2 Å². The second-order valence-electron chi connectivity index (χ2n) is 9.59. The van der Waals surface area contributed by atoms with Crippen LogP contribution in [0.5, 0.6) is 0 Å². The predicted molar refractivity (Wildman–Crippen MR) is 139 cm³/mol. The summed E-state index contributed by atoms with van der Waals surface area (Å²) in [5.41, 5.74) is 10.2. The molecule has 10 nitrogen and oxygen atoms in total. The number of morpholine rings is 1. The number of carbonyl (C=O) groups is 2. The van der Waals surface area contributed by atoms with E-state index >= 15 is 0 Å². The van der Waals surface area contributed by atoms with Gasteiger partial charge in [-0.05, 0) is 18.7 Å². The van der Waals surface area contributed by atoms with Crippen molar-refractivity contribution in [3.05, 3.63) is 65.7 Å². The largest absolute Gasteiger partial charge is 0.481 e. The van der Waals surface area contributed by atoms with E-state index < -0.39 is 11.9 Å². The quantitative estimate of drug-likeness (QED) is 0.463. The molecule has 0 bridgehead atoms. The van der Waals surface area contributed by atoms with E-state index in [2.05, 4.69) is 19.9 Å². The molecule has 0 radical (unpaired) electrons. The Balaban J connectivity index is 1.36. The number of hydrogen-bond acceptors (Lipinski definition) is 9. The van der Waals surface area contributed by atoms with Gasteiger partial charge in [-0.1, -0.05) is 24.3 Å². The average molecular weight is 503 g/mol. The van der Waals surface area contributed by atoms with Gasteiger partial charge in [0, 0.05) is 67.7 Å². The summed E-state index contributed by atoms with van der Waals surface area (Å²) in [7, 11) is 1.93. The molecule has 0 amide bonds. The van der Waals surface area contributed by atoms with Gasteiger partial charge in [0.1, 0.15) is 5.69 Å². The molecule has 3 N–H and O–H groups in total. The molecule has 2 fully saturated rings.